The maximum Gasteiger partial charge on any atom is 0.0654 e. The van der Waals surface area contributed by atoms with Gasteiger partial charge >= 0.3 is 0 Å². The van der Waals surface area contributed by atoms with Crippen LogP contribution in [0.5, 0.6) is 0 Å². The quantitative estimate of drug-likeness (QED) is 0.787. The second-order valence-corrected chi connectivity index (χ2v) is 5.11. The largest absolute Gasteiger partial charge is 0.302 e. The number of fused-ring (bicyclic) bond motifs is 1. The summed E-state index contributed by atoms with van der Waals surface area (Å²) in [6.07, 6.45) is 2.35. The van der Waals surface area contributed by atoms with Gasteiger partial charge in [-0.3, -0.25) is 0 Å². The first kappa shape index (κ1) is 11.6. The van der Waals surface area contributed by atoms with E-state index in [0.717, 1.165) is 6.42 Å². The van der Waals surface area contributed by atoms with Gasteiger partial charge in [0.1, 0.15) is 0 Å². The molecule has 1 atom stereocenters. The van der Waals surface area contributed by atoms with E-state index in [1.807, 2.05) is 6.92 Å². The molecular formula is C14H21NO. The summed E-state index contributed by atoms with van der Waals surface area (Å²) >= 11 is 0. The van der Waals surface area contributed by atoms with Crippen LogP contribution in [0.2, 0.25) is 0 Å². The van der Waals surface area contributed by atoms with Crippen LogP contribution in [-0.2, 0) is 10.3 Å². The molecule has 1 aliphatic rings. The third-order valence-corrected chi connectivity index (χ3v) is 3.49. The molecule has 0 saturated heterocycles. The van der Waals surface area contributed by atoms with Crippen LogP contribution in [0.4, 0.5) is 0 Å². The second kappa shape index (κ2) is 4.56. The first-order chi connectivity index (χ1) is 7.65. The van der Waals surface area contributed by atoms with E-state index in [4.69, 9.17) is 4.84 Å². The van der Waals surface area contributed by atoms with Gasteiger partial charge in [0.25, 0.3) is 0 Å². The normalized spacial score (nSPS) is 22.8. The van der Waals surface area contributed by atoms with Crippen LogP contribution in [0.25, 0.3) is 0 Å². The van der Waals surface area contributed by atoms with E-state index in [9.17, 15) is 0 Å². The number of hydrogen-bond acceptors (Lipinski definition) is 2. The first-order valence-corrected chi connectivity index (χ1v) is 6.12. The summed E-state index contributed by atoms with van der Waals surface area (Å²) in [6.45, 7) is 7.36. The molecular weight excluding hydrogens is 198 g/mol. The number of hydrogen-bond donors (Lipinski definition) is 1. The minimum Gasteiger partial charge on any atom is -0.302 e. The van der Waals surface area contributed by atoms with Gasteiger partial charge in [0.15, 0.2) is 0 Å². The molecule has 1 aliphatic carbocycles. The van der Waals surface area contributed by atoms with Crippen LogP contribution in [0.3, 0.4) is 0 Å². The van der Waals surface area contributed by atoms with Crippen molar-refractivity contribution in [1.29, 1.82) is 0 Å². The molecule has 1 N–H and O–H groups in total. The molecule has 88 valence electrons. The third kappa shape index (κ3) is 2.13. The molecule has 2 heteroatoms. The SMILES string of the molecule is CCONC1CCC(C)(C)c2ccccc21. The van der Waals surface area contributed by atoms with Gasteiger partial charge in [0.2, 0.25) is 0 Å². The lowest BCUT2D eigenvalue weighted by Gasteiger charge is -2.37. The summed E-state index contributed by atoms with van der Waals surface area (Å²) in [7, 11) is 0. The summed E-state index contributed by atoms with van der Waals surface area (Å²) in [5.74, 6) is 0. The molecule has 0 amide bonds. The van der Waals surface area contributed by atoms with Gasteiger partial charge in [-0.15, -0.1) is 0 Å². The van der Waals surface area contributed by atoms with Crippen LogP contribution in [0.15, 0.2) is 24.3 Å². The Morgan fingerprint density at radius 3 is 2.88 bits per heavy atom. The molecule has 0 fully saturated rings. The topological polar surface area (TPSA) is 21.3 Å². The van der Waals surface area contributed by atoms with E-state index in [0.29, 0.717) is 18.1 Å². The van der Waals surface area contributed by atoms with Crippen molar-refractivity contribution in [1.82, 2.24) is 5.48 Å². The lowest BCUT2D eigenvalue weighted by Crippen LogP contribution is -2.32. The van der Waals surface area contributed by atoms with Crippen molar-refractivity contribution < 1.29 is 4.84 Å². The van der Waals surface area contributed by atoms with Crippen molar-refractivity contribution in [3.05, 3.63) is 35.4 Å². The van der Waals surface area contributed by atoms with Crippen LogP contribution < -0.4 is 5.48 Å². The minimum absolute atomic E-state index is 0.293. The zero-order valence-electron chi connectivity index (χ0n) is 10.4. The van der Waals surface area contributed by atoms with Crippen LogP contribution in [0.1, 0.15) is 50.8 Å². The highest BCUT2D eigenvalue weighted by Crippen LogP contribution is 2.41. The predicted molar refractivity (Wildman–Crippen MR) is 66.2 cm³/mol. The van der Waals surface area contributed by atoms with Crippen LogP contribution in [-0.4, -0.2) is 6.61 Å². The molecule has 1 unspecified atom stereocenters. The Morgan fingerprint density at radius 1 is 1.38 bits per heavy atom. The second-order valence-electron chi connectivity index (χ2n) is 5.11. The Kier molecular flexibility index (Phi) is 3.31. The Bertz CT molecular complexity index is 360. The van der Waals surface area contributed by atoms with Gasteiger partial charge in [-0.05, 0) is 36.3 Å². The Balaban J connectivity index is 2.28. The summed E-state index contributed by atoms with van der Waals surface area (Å²) in [5.41, 5.74) is 6.31. The molecule has 2 nitrogen and oxygen atoms in total. The fourth-order valence-electron chi connectivity index (χ4n) is 2.52. The van der Waals surface area contributed by atoms with Crippen molar-refractivity contribution in [2.24, 2.45) is 0 Å². The van der Waals surface area contributed by atoms with E-state index in [1.54, 1.807) is 0 Å². The highest BCUT2D eigenvalue weighted by atomic mass is 16.6. The average molecular weight is 219 g/mol. The molecule has 0 heterocycles. The van der Waals surface area contributed by atoms with E-state index in [2.05, 4.69) is 43.6 Å². The summed E-state index contributed by atoms with van der Waals surface area (Å²) in [4.78, 5) is 5.35. The fraction of sp³-hybridized carbons (Fsp3) is 0.571. The molecule has 2 rings (SSSR count). The molecule has 0 aliphatic heterocycles. The van der Waals surface area contributed by atoms with Gasteiger partial charge < -0.3 is 4.84 Å². The molecule has 0 aromatic heterocycles. The zero-order chi connectivity index (χ0) is 11.6. The number of benzene rings is 1. The van der Waals surface area contributed by atoms with Crippen molar-refractivity contribution >= 4 is 0 Å². The van der Waals surface area contributed by atoms with E-state index >= 15 is 0 Å². The van der Waals surface area contributed by atoms with Crippen molar-refractivity contribution in [2.75, 3.05) is 6.61 Å². The lowest BCUT2D eigenvalue weighted by molar-refractivity contribution is 0.0171. The molecule has 0 radical (unpaired) electrons. The highest BCUT2D eigenvalue weighted by Gasteiger charge is 2.32. The fourth-order valence-corrected chi connectivity index (χ4v) is 2.52. The highest BCUT2D eigenvalue weighted by molar-refractivity contribution is 5.37. The smallest absolute Gasteiger partial charge is 0.0654 e. The van der Waals surface area contributed by atoms with E-state index < -0.39 is 0 Å². The van der Waals surface area contributed by atoms with E-state index in [1.165, 1.54) is 17.5 Å². The summed E-state index contributed by atoms with van der Waals surface area (Å²) in [5, 5.41) is 0. The van der Waals surface area contributed by atoms with Crippen molar-refractivity contribution in [2.45, 2.75) is 45.1 Å². The summed E-state index contributed by atoms with van der Waals surface area (Å²) in [6, 6.07) is 9.05. The van der Waals surface area contributed by atoms with Crippen LogP contribution >= 0.6 is 0 Å². The van der Waals surface area contributed by atoms with Crippen molar-refractivity contribution in [3.63, 3.8) is 0 Å². The predicted octanol–water partition coefficient (Wildman–Crippen LogP) is 3.34. The van der Waals surface area contributed by atoms with Crippen molar-refractivity contribution in [3.8, 4) is 0 Å². The molecule has 16 heavy (non-hydrogen) atoms. The molecule has 1 aromatic rings. The number of hydroxylamine groups is 1. The molecule has 0 spiro atoms. The molecule has 0 saturated carbocycles. The Hall–Kier alpha value is -0.860. The summed E-state index contributed by atoms with van der Waals surface area (Å²) < 4.78 is 0. The van der Waals surface area contributed by atoms with Gasteiger partial charge in [-0.2, -0.15) is 5.48 Å². The van der Waals surface area contributed by atoms with Gasteiger partial charge in [0, 0.05) is 0 Å². The maximum atomic E-state index is 5.35. The van der Waals surface area contributed by atoms with E-state index in [-0.39, 0.29) is 0 Å². The minimum atomic E-state index is 0.293. The number of nitrogens with one attached hydrogen (secondary N) is 1. The average Bonchev–Trinajstić information content (AvgIpc) is 2.29. The standard InChI is InChI=1S/C14H21NO/c1-4-16-15-13-9-10-14(2,3)12-8-6-5-7-11(12)13/h5-8,13,15H,4,9-10H2,1-3H3. The van der Waals surface area contributed by atoms with Gasteiger partial charge in [0.05, 0.1) is 12.6 Å². The monoisotopic (exact) mass is 219 g/mol. The van der Waals surface area contributed by atoms with Gasteiger partial charge in [-0.25, -0.2) is 0 Å². The Labute approximate surface area is 98.0 Å². The maximum absolute atomic E-state index is 5.35. The van der Waals surface area contributed by atoms with Crippen LogP contribution in [0, 0.1) is 0 Å². The third-order valence-electron chi connectivity index (χ3n) is 3.49. The Morgan fingerprint density at radius 2 is 2.12 bits per heavy atom. The zero-order valence-corrected chi connectivity index (χ0v) is 10.4. The lowest BCUT2D eigenvalue weighted by atomic mass is 9.71. The molecule has 1 aromatic carbocycles. The van der Waals surface area contributed by atoms with Gasteiger partial charge in [-0.1, -0.05) is 38.1 Å². The first-order valence-electron chi connectivity index (χ1n) is 6.12. The molecule has 0 bridgehead atoms. The number of rotatable bonds is 3.